The Kier molecular flexibility index (Phi) is 3.62. The van der Waals surface area contributed by atoms with Crippen LogP contribution >= 0.6 is 0 Å². The minimum Gasteiger partial charge on any atom is -0.399 e. The fourth-order valence-corrected chi connectivity index (χ4v) is 3.47. The molecule has 0 atom stereocenters. The van der Waals surface area contributed by atoms with Crippen LogP contribution in [-0.4, -0.2) is 0 Å². The number of hydrogen-bond donors (Lipinski definition) is 2. The number of nitrogens with zero attached hydrogens (tertiary/aromatic N) is 1. The van der Waals surface area contributed by atoms with E-state index >= 15 is 0 Å². The molecule has 25 heavy (non-hydrogen) atoms. The lowest BCUT2D eigenvalue weighted by Crippen LogP contribution is -2.36. The summed E-state index contributed by atoms with van der Waals surface area (Å²) in [6, 6.07) is 22.5. The van der Waals surface area contributed by atoms with Gasteiger partial charge in [-0.2, -0.15) is 4.57 Å². The van der Waals surface area contributed by atoms with Crippen molar-refractivity contribution in [3.63, 3.8) is 0 Å². The number of hydrogen-bond acceptors (Lipinski definition) is 2. The van der Waals surface area contributed by atoms with E-state index in [0.29, 0.717) is 6.54 Å². The van der Waals surface area contributed by atoms with Crippen LogP contribution < -0.4 is 16.0 Å². The van der Waals surface area contributed by atoms with E-state index in [1.807, 2.05) is 30.3 Å². The maximum absolute atomic E-state index is 6.11. The van der Waals surface area contributed by atoms with E-state index in [1.54, 1.807) is 0 Å². The van der Waals surface area contributed by atoms with Gasteiger partial charge in [0, 0.05) is 28.4 Å². The molecule has 1 aromatic heterocycles. The van der Waals surface area contributed by atoms with Gasteiger partial charge in [-0.15, -0.1) is 0 Å². The van der Waals surface area contributed by atoms with Crippen LogP contribution in [0, 0.1) is 0 Å². The molecule has 0 bridgehead atoms. The van der Waals surface area contributed by atoms with Gasteiger partial charge in [0.25, 0.3) is 0 Å². The van der Waals surface area contributed by atoms with E-state index in [9.17, 15) is 0 Å². The van der Waals surface area contributed by atoms with Gasteiger partial charge in [-0.1, -0.05) is 24.8 Å². The second-order valence-electron chi connectivity index (χ2n) is 6.19. The van der Waals surface area contributed by atoms with E-state index in [-0.39, 0.29) is 0 Å². The van der Waals surface area contributed by atoms with Crippen molar-refractivity contribution in [2.24, 2.45) is 0 Å². The summed E-state index contributed by atoms with van der Waals surface area (Å²) < 4.78 is 2.29. The summed E-state index contributed by atoms with van der Waals surface area (Å²) in [5.74, 6) is 0. The molecular formula is C22H20N3+. The number of nitrogens with two attached hydrogens (primary N) is 2. The molecule has 122 valence electrons. The van der Waals surface area contributed by atoms with Gasteiger partial charge in [0.2, 0.25) is 11.2 Å². The number of nitrogen functional groups attached to an aromatic ring is 2. The Morgan fingerprint density at radius 3 is 2.28 bits per heavy atom. The summed E-state index contributed by atoms with van der Waals surface area (Å²) in [6.45, 7) is 4.66. The third-order valence-electron chi connectivity index (χ3n) is 4.55. The molecular weight excluding hydrogens is 306 g/mol. The Balaban J connectivity index is 2.23. The molecule has 0 aliphatic carbocycles. The average molecular weight is 326 g/mol. The van der Waals surface area contributed by atoms with Gasteiger partial charge in [-0.3, -0.25) is 0 Å². The second-order valence-corrected chi connectivity index (χ2v) is 6.19. The van der Waals surface area contributed by atoms with Crippen LogP contribution in [0.3, 0.4) is 0 Å². The molecule has 0 aliphatic heterocycles. The van der Waals surface area contributed by atoms with Gasteiger partial charge in [0.1, 0.15) is 0 Å². The molecule has 1 heterocycles. The fraction of sp³-hybridized carbons (Fsp3) is 0.0455. The van der Waals surface area contributed by atoms with Crippen LogP contribution in [-0.2, 0) is 6.54 Å². The first-order valence-electron chi connectivity index (χ1n) is 8.29. The molecule has 0 saturated carbocycles. The molecule has 3 nitrogen and oxygen atoms in total. The number of pyridine rings is 1. The first-order chi connectivity index (χ1) is 12.2. The van der Waals surface area contributed by atoms with Crippen molar-refractivity contribution in [2.75, 3.05) is 11.5 Å². The number of fused-ring (bicyclic) bond motifs is 3. The van der Waals surface area contributed by atoms with Gasteiger partial charge in [-0.05, 0) is 48.5 Å². The Morgan fingerprint density at radius 2 is 1.52 bits per heavy atom. The molecule has 0 amide bonds. The highest BCUT2D eigenvalue weighted by Crippen LogP contribution is 2.32. The van der Waals surface area contributed by atoms with Crippen LogP contribution in [0.4, 0.5) is 11.4 Å². The standard InChI is InChI=1S/C22H19N3/c1-2-13-25-21-6-4-3-5-19(21)18-12-11-17(24)14-20(18)22(25)15-7-9-16(23)10-8-15/h2-12,14,23H,1,13,24H2/p+1. The molecule has 3 heteroatoms. The van der Waals surface area contributed by atoms with Gasteiger partial charge in [0.15, 0.2) is 6.54 Å². The van der Waals surface area contributed by atoms with E-state index < -0.39 is 0 Å². The van der Waals surface area contributed by atoms with Gasteiger partial charge in [-0.25, -0.2) is 0 Å². The summed E-state index contributed by atoms with van der Waals surface area (Å²) in [5.41, 5.74) is 16.9. The fourth-order valence-electron chi connectivity index (χ4n) is 3.47. The molecule has 0 fully saturated rings. The number of benzene rings is 3. The molecule has 4 aromatic rings. The van der Waals surface area contributed by atoms with Crippen LogP contribution in [0.25, 0.3) is 32.9 Å². The smallest absolute Gasteiger partial charge is 0.221 e. The van der Waals surface area contributed by atoms with Crippen LogP contribution in [0.5, 0.6) is 0 Å². The third-order valence-corrected chi connectivity index (χ3v) is 4.55. The summed E-state index contributed by atoms with van der Waals surface area (Å²) in [4.78, 5) is 0. The second kappa shape index (κ2) is 5.95. The molecule has 0 spiro atoms. The molecule has 0 aliphatic rings. The number of allylic oxidation sites excluding steroid dienone is 1. The summed E-state index contributed by atoms with van der Waals surface area (Å²) in [6.07, 6.45) is 1.92. The van der Waals surface area contributed by atoms with E-state index in [4.69, 9.17) is 11.5 Å². The summed E-state index contributed by atoms with van der Waals surface area (Å²) >= 11 is 0. The lowest BCUT2D eigenvalue weighted by atomic mass is 9.98. The zero-order chi connectivity index (χ0) is 17.4. The highest BCUT2D eigenvalue weighted by atomic mass is 15.0. The minimum atomic E-state index is 0.713. The van der Waals surface area contributed by atoms with Crippen molar-refractivity contribution < 1.29 is 4.57 Å². The van der Waals surface area contributed by atoms with Crippen molar-refractivity contribution in [3.8, 4) is 11.3 Å². The summed E-state index contributed by atoms with van der Waals surface area (Å²) in [5, 5.41) is 3.53. The molecule has 3 aromatic carbocycles. The van der Waals surface area contributed by atoms with Crippen LogP contribution in [0.2, 0.25) is 0 Å². The zero-order valence-electron chi connectivity index (χ0n) is 13.9. The Labute approximate surface area is 146 Å². The lowest BCUT2D eigenvalue weighted by Gasteiger charge is -2.12. The maximum atomic E-state index is 6.11. The molecule has 4 N–H and O–H groups in total. The monoisotopic (exact) mass is 326 g/mol. The number of aromatic nitrogens is 1. The van der Waals surface area contributed by atoms with Crippen LogP contribution in [0.15, 0.2) is 79.4 Å². The average Bonchev–Trinajstić information content (AvgIpc) is 2.63. The highest BCUT2D eigenvalue weighted by molar-refractivity contribution is 6.09. The van der Waals surface area contributed by atoms with E-state index in [0.717, 1.165) is 28.0 Å². The SMILES string of the molecule is C=CC[n+]1c(-c2ccc(N)cc2)c2cc(N)ccc2c2ccccc21. The first-order valence-corrected chi connectivity index (χ1v) is 8.29. The number of rotatable bonds is 3. The van der Waals surface area contributed by atoms with Crippen LogP contribution in [0.1, 0.15) is 0 Å². The van der Waals surface area contributed by atoms with Crippen molar-refractivity contribution in [1.29, 1.82) is 0 Å². The topological polar surface area (TPSA) is 55.9 Å². The highest BCUT2D eigenvalue weighted by Gasteiger charge is 2.22. The largest absolute Gasteiger partial charge is 0.399 e. The molecule has 0 unspecified atom stereocenters. The molecule has 0 radical (unpaired) electrons. The molecule has 0 saturated heterocycles. The zero-order valence-corrected chi connectivity index (χ0v) is 13.9. The molecule has 4 rings (SSSR count). The van der Waals surface area contributed by atoms with Gasteiger partial charge in [0.05, 0.1) is 10.8 Å². The quantitative estimate of drug-likeness (QED) is 0.255. The van der Waals surface area contributed by atoms with Crippen molar-refractivity contribution >= 4 is 33.1 Å². The number of anilines is 2. The summed E-state index contributed by atoms with van der Waals surface area (Å²) in [7, 11) is 0. The normalized spacial score (nSPS) is 11.0. The predicted octanol–water partition coefficient (Wildman–Crippen LogP) is 4.30. The van der Waals surface area contributed by atoms with Crippen molar-refractivity contribution in [1.82, 2.24) is 0 Å². The van der Waals surface area contributed by atoms with E-state index in [2.05, 4.69) is 53.6 Å². The third kappa shape index (κ3) is 2.50. The predicted molar refractivity (Wildman–Crippen MR) is 106 cm³/mol. The van der Waals surface area contributed by atoms with Crippen molar-refractivity contribution in [3.05, 3.63) is 79.4 Å². The lowest BCUT2D eigenvalue weighted by molar-refractivity contribution is -0.648. The Morgan fingerprint density at radius 1 is 0.800 bits per heavy atom. The Hall–Kier alpha value is -3.33. The first kappa shape index (κ1) is 15.2. The van der Waals surface area contributed by atoms with Gasteiger partial charge < -0.3 is 11.5 Å². The van der Waals surface area contributed by atoms with E-state index in [1.165, 1.54) is 16.3 Å². The maximum Gasteiger partial charge on any atom is 0.221 e. The van der Waals surface area contributed by atoms with Crippen molar-refractivity contribution in [2.45, 2.75) is 6.54 Å². The Bertz CT molecular complexity index is 1100. The number of para-hydroxylation sites is 1. The minimum absolute atomic E-state index is 0.713. The van der Waals surface area contributed by atoms with Gasteiger partial charge >= 0.3 is 0 Å².